The summed E-state index contributed by atoms with van der Waals surface area (Å²) in [6.45, 7) is 0.242. The summed E-state index contributed by atoms with van der Waals surface area (Å²) >= 11 is 4.19. The SMILES string of the molecule is NC(=O)CC(NC(=O)C1CCCN1C(=O)C(CS)NC(=O)C(N)Cc1c[nH]c2ccccc12)C(=O)O. The van der Waals surface area contributed by atoms with Crippen LogP contribution in [0, 0.1) is 0 Å². The molecule has 2 heterocycles. The molecular formula is C23H30N6O6S. The number of carbonyl (C=O) groups is 5. The second kappa shape index (κ2) is 11.9. The first-order chi connectivity index (χ1) is 17.1. The predicted octanol–water partition coefficient (Wildman–Crippen LogP) is -1.11. The smallest absolute Gasteiger partial charge is 0.326 e. The summed E-state index contributed by atoms with van der Waals surface area (Å²) in [6.07, 6.45) is 2.26. The van der Waals surface area contributed by atoms with Gasteiger partial charge in [0.25, 0.3) is 0 Å². The maximum absolute atomic E-state index is 13.2. The molecule has 12 nitrogen and oxygen atoms in total. The van der Waals surface area contributed by atoms with Gasteiger partial charge in [0.15, 0.2) is 0 Å². The number of nitrogens with two attached hydrogens (primary N) is 2. The molecule has 0 radical (unpaired) electrons. The molecule has 1 fully saturated rings. The second-order valence-corrected chi connectivity index (χ2v) is 9.04. The minimum atomic E-state index is -1.50. The summed E-state index contributed by atoms with van der Waals surface area (Å²) < 4.78 is 0. The van der Waals surface area contributed by atoms with Crippen LogP contribution in [0.1, 0.15) is 24.8 Å². The van der Waals surface area contributed by atoms with E-state index in [4.69, 9.17) is 11.5 Å². The van der Waals surface area contributed by atoms with E-state index >= 15 is 0 Å². The number of carboxylic acid groups (broad SMARTS) is 1. The number of fused-ring (bicyclic) bond motifs is 1. The zero-order valence-corrected chi connectivity index (χ0v) is 20.4. The molecule has 4 amide bonds. The standard InChI is InChI=1S/C23H30N6O6S/c24-14(8-12-10-26-15-5-2-1-4-13(12)15)20(31)28-17(11-36)22(33)29-7-3-6-18(29)21(32)27-16(23(34)35)9-19(25)30/h1-2,4-5,10,14,16-18,26,36H,3,6-9,11,24H2,(H2,25,30)(H,27,32)(H,28,31)(H,34,35). The monoisotopic (exact) mass is 518 g/mol. The number of carbonyl (C=O) groups excluding carboxylic acids is 4. The van der Waals surface area contributed by atoms with Gasteiger partial charge in [0.05, 0.1) is 12.5 Å². The van der Waals surface area contributed by atoms with Gasteiger partial charge in [-0.1, -0.05) is 18.2 Å². The average molecular weight is 519 g/mol. The van der Waals surface area contributed by atoms with Crippen LogP contribution in [0.15, 0.2) is 30.5 Å². The van der Waals surface area contributed by atoms with Gasteiger partial charge in [-0.25, -0.2) is 4.79 Å². The number of aromatic nitrogens is 1. The summed E-state index contributed by atoms with van der Waals surface area (Å²) in [7, 11) is 0. The number of amides is 4. The van der Waals surface area contributed by atoms with Gasteiger partial charge in [0.1, 0.15) is 18.1 Å². The molecule has 4 unspecified atom stereocenters. The van der Waals surface area contributed by atoms with Crippen molar-refractivity contribution in [3.8, 4) is 0 Å². The van der Waals surface area contributed by atoms with E-state index in [0.29, 0.717) is 12.8 Å². The van der Waals surface area contributed by atoms with E-state index < -0.39 is 60.2 Å². The van der Waals surface area contributed by atoms with Crippen LogP contribution in [-0.4, -0.2) is 81.1 Å². The number of benzene rings is 1. The molecule has 3 rings (SSSR count). The maximum Gasteiger partial charge on any atom is 0.326 e. The zero-order chi connectivity index (χ0) is 26.4. The van der Waals surface area contributed by atoms with E-state index in [1.54, 1.807) is 6.20 Å². The minimum absolute atomic E-state index is 0.0331. The van der Waals surface area contributed by atoms with E-state index in [-0.39, 0.29) is 18.7 Å². The normalized spacial score (nSPS) is 17.8. The van der Waals surface area contributed by atoms with Gasteiger partial charge in [-0.15, -0.1) is 0 Å². The van der Waals surface area contributed by atoms with Crippen LogP contribution >= 0.6 is 12.6 Å². The molecule has 4 atom stereocenters. The van der Waals surface area contributed by atoms with E-state index in [1.165, 1.54) is 4.90 Å². The summed E-state index contributed by atoms with van der Waals surface area (Å²) in [4.78, 5) is 65.6. The lowest BCUT2D eigenvalue weighted by Crippen LogP contribution is -2.57. The molecule has 0 spiro atoms. The first kappa shape index (κ1) is 27.0. The summed E-state index contributed by atoms with van der Waals surface area (Å²) in [5.74, 6) is -4.12. The van der Waals surface area contributed by atoms with E-state index in [9.17, 15) is 29.1 Å². The fraction of sp³-hybridized carbons (Fsp3) is 0.435. The maximum atomic E-state index is 13.2. The largest absolute Gasteiger partial charge is 0.480 e. The number of aliphatic carboxylic acids is 1. The number of hydrogen-bond acceptors (Lipinski definition) is 7. The number of aromatic amines is 1. The Labute approximate surface area is 212 Å². The van der Waals surface area contributed by atoms with Gasteiger partial charge in [-0.3, -0.25) is 19.2 Å². The number of likely N-dealkylation sites (tertiary alicyclic amines) is 1. The van der Waals surface area contributed by atoms with Crippen molar-refractivity contribution in [3.63, 3.8) is 0 Å². The molecular weight excluding hydrogens is 488 g/mol. The van der Waals surface area contributed by atoms with Crippen molar-refractivity contribution < 1.29 is 29.1 Å². The van der Waals surface area contributed by atoms with E-state index in [0.717, 1.165) is 16.5 Å². The third kappa shape index (κ3) is 6.34. The van der Waals surface area contributed by atoms with Crippen LogP contribution in [0.25, 0.3) is 10.9 Å². The Hall–Kier alpha value is -3.58. The Morgan fingerprint density at radius 1 is 1.17 bits per heavy atom. The number of nitrogens with zero attached hydrogens (tertiary/aromatic N) is 1. The quantitative estimate of drug-likeness (QED) is 0.183. The third-order valence-electron chi connectivity index (χ3n) is 6.11. The van der Waals surface area contributed by atoms with Crippen molar-refractivity contribution in [3.05, 3.63) is 36.0 Å². The first-order valence-corrected chi connectivity index (χ1v) is 12.1. The number of nitrogens with one attached hydrogen (secondary N) is 3. The number of hydrogen-bond donors (Lipinski definition) is 7. The molecule has 0 saturated carbocycles. The van der Waals surface area contributed by atoms with Crippen LogP contribution in [0.5, 0.6) is 0 Å². The molecule has 1 aromatic carbocycles. The van der Waals surface area contributed by atoms with Crippen LogP contribution < -0.4 is 22.1 Å². The lowest BCUT2D eigenvalue weighted by molar-refractivity contribution is -0.145. The Kier molecular flexibility index (Phi) is 8.93. The van der Waals surface area contributed by atoms with Gasteiger partial charge in [0, 0.05) is 29.4 Å². The van der Waals surface area contributed by atoms with Crippen molar-refractivity contribution in [1.82, 2.24) is 20.5 Å². The molecule has 194 valence electrons. The van der Waals surface area contributed by atoms with Crippen molar-refractivity contribution in [1.29, 1.82) is 0 Å². The van der Waals surface area contributed by atoms with E-state index in [2.05, 4.69) is 28.2 Å². The van der Waals surface area contributed by atoms with Gasteiger partial charge >= 0.3 is 5.97 Å². The van der Waals surface area contributed by atoms with E-state index in [1.807, 2.05) is 24.3 Å². The second-order valence-electron chi connectivity index (χ2n) is 8.67. The highest BCUT2D eigenvalue weighted by Crippen LogP contribution is 2.20. The first-order valence-electron chi connectivity index (χ1n) is 11.5. The summed E-state index contributed by atoms with van der Waals surface area (Å²) in [6, 6.07) is 3.19. The van der Waals surface area contributed by atoms with Gasteiger partial charge < -0.3 is 37.1 Å². The number of H-pyrrole nitrogens is 1. The van der Waals surface area contributed by atoms with Gasteiger partial charge in [-0.2, -0.15) is 12.6 Å². The van der Waals surface area contributed by atoms with Crippen LogP contribution in [-0.2, 0) is 30.4 Å². The zero-order valence-electron chi connectivity index (χ0n) is 19.5. The van der Waals surface area contributed by atoms with Crippen molar-refractivity contribution in [2.45, 2.75) is 49.9 Å². The van der Waals surface area contributed by atoms with Gasteiger partial charge in [-0.05, 0) is 30.9 Å². The molecule has 8 N–H and O–H groups in total. The highest BCUT2D eigenvalue weighted by atomic mass is 32.1. The van der Waals surface area contributed by atoms with Crippen molar-refractivity contribution in [2.24, 2.45) is 11.5 Å². The van der Waals surface area contributed by atoms with Gasteiger partial charge in [0.2, 0.25) is 23.6 Å². The predicted molar refractivity (Wildman–Crippen MR) is 134 cm³/mol. The number of thiol groups is 1. The fourth-order valence-electron chi connectivity index (χ4n) is 4.27. The number of para-hydroxylation sites is 1. The Morgan fingerprint density at radius 2 is 1.89 bits per heavy atom. The third-order valence-corrected chi connectivity index (χ3v) is 6.47. The number of carboxylic acids is 1. The summed E-state index contributed by atoms with van der Waals surface area (Å²) in [5, 5.41) is 15.1. The van der Waals surface area contributed by atoms with Crippen LogP contribution in [0.3, 0.4) is 0 Å². The molecule has 2 aromatic rings. The number of rotatable bonds is 11. The molecule has 36 heavy (non-hydrogen) atoms. The van der Waals surface area contributed by atoms with Crippen LogP contribution in [0.4, 0.5) is 0 Å². The Bertz CT molecular complexity index is 1150. The minimum Gasteiger partial charge on any atom is -0.480 e. The molecule has 1 aromatic heterocycles. The summed E-state index contributed by atoms with van der Waals surface area (Å²) in [5.41, 5.74) is 13.0. The Morgan fingerprint density at radius 3 is 2.56 bits per heavy atom. The fourth-order valence-corrected chi connectivity index (χ4v) is 4.51. The lowest BCUT2D eigenvalue weighted by atomic mass is 10.0. The topological polar surface area (TPSA) is 201 Å². The van der Waals surface area contributed by atoms with Crippen LogP contribution in [0.2, 0.25) is 0 Å². The highest BCUT2D eigenvalue weighted by Gasteiger charge is 2.39. The lowest BCUT2D eigenvalue weighted by Gasteiger charge is -2.29. The molecule has 1 saturated heterocycles. The molecule has 1 aliphatic heterocycles. The highest BCUT2D eigenvalue weighted by molar-refractivity contribution is 7.80. The molecule has 13 heteroatoms. The Balaban J connectivity index is 1.63. The molecule has 0 bridgehead atoms. The average Bonchev–Trinajstić information content (AvgIpc) is 3.49. The van der Waals surface area contributed by atoms with Crippen molar-refractivity contribution in [2.75, 3.05) is 12.3 Å². The number of primary amides is 1. The van der Waals surface area contributed by atoms with Crippen molar-refractivity contribution >= 4 is 53.1 Å². The molecule has 0 aliphatic carbocycles. The molecule has 1 aliphatic rings.